The molecule has 2 heterocycles. The highest BCUT2D eigenvalue weighted by molar-refractivity contribution is 5.36. The smallest absolute Gasteiger partial charge is 0.199 e. The average molecular weight is 282 g/mol. The van der Waals surface area contributed by atoms with E-state index in [9.17, 15) is 8.78 Å². The van der Waals surface area contributed by atoms with Gasteiger partial charge in [-0.3, -0.25) is 0 Å². The molecule has 3 rings (SSSR count). The lowest BCUT2D eigenvalue weighted by Gasteiger charge is -2.26. The molecule has 0 saturated carbocycles. The second-order valence-corrected chi connectivity index (χ2v) is 5.08. The van der Waals surface area contributed by atoms with Crippen LogP contribution in [0.1, 0.15) is 24.8 Å². The van der Waals surface area contributed by atoms with Crippen LogP contribution in [0, 0.1) is 11.6 Å². The molecule has 2 atom stereocenters. The number of epoxide rings is 1. The standard InChI is InChI=1S/C15H16F2O3/c1-10(20-14-4-2-3-7-18-14)15(9-19-15)12-6-5-11(16)8-13(12)17/h5-6,8,14H,1-4,7,9H2/t14?,15-/m0/s1. The molecular formula is C15H16F2O3. The largest absolute Gasteiger partial charge is 0.466 e. The summed E-state index contributed by atoms with van der Waals surface area (Å²) < 4.78 is 43.3. The second-order valence-electron chi connectivity index (χ2n) is 5.08. The molecule has 5 heteroatoms. The number of rotatable bonds is 4. The third-order valence-corrected chi connectivity index (χ3v) is 3.66. The van der Waals surface area contributed by atoms with Crippen molar-refractivity contribution in [2.24, 2.45) is 0 Å². The van der Waals surface area contributed by atoms with Crippen LogP contribution in [0.4, 0.5) is 8.78 Å². The maximum atomic E-state index is 13.9. The van der Waals surface area contributed by atoms with E-state index in [-0.39, 0.29) is 18.5 Å². The van der Waals surface area contributed by atoms with Gasteiger partial charge in [0.05, 0.1) is 13.2 Å². The van der Waals surface area contributed by atoms with E-state index in [0.717, 1.165) is 25.3 Å². The molecule has 0 spiro atoms. The van der Waals surface area contributed by atoms with Gasteiger partial charge in [0.15, 0.2) is 11.9 Å². The van der Waals surface area contributed by atoms with Crippen molar-refractivity contribution < 1.29 is 23.0 Å². The Kier molecular flexibility index (Phi) is 3.48. The number of halogens is 2. The van der Waals surface area contributed by atoms with Crippen molar-refractivity contribution in [2.45, 2.75) is 31.2 Å². The molecule has 2 aliphatic heterocycles. The monoisotopic (exact) mass is 282 g/mol. The fraction of sp³-hybridized carbons (Fsp3) is 0.467. The van der Waals surface area contributed by atoms with Crippen LogP contribution in [0.25, 0.3) is 0 Å². The fourth-order valence-corrected chi connectivity index (χ4v) is 2.41. The molecule has 1 aromatic carbocycles. The van der Waals surface area contributed by atoms with Crippen molar-refractivity contribution in [2.75, 3.05) is 13.2 Å². The van der Waals surface area contributed by atoms with Crippen LogP contribution < -0.4 is 0 Å². The van der Waals surface area contributed by atoms with E-state index in [2.05, 4.69) is 6.58 Å². The highest BCUT2D eigenvalue weighted by atomic mass is 19.1. The first-order valence-electron chi connectivity index (χ1n) is 6.69. The summed E-state index contributed by atoms with van der Waals surface area (Å²) >= 11 is 0. The molecule has 0 bridgehead atoms. The quantitative estimate of drug-likeness (QED) is 0.627. The molecule has 2 aliphatic rings. The average Bonchev–Trinajstić information content (AvgIpc) is 3.21. The molecule has 0 amide bonds. The van der Waals surface area contributed by atoms with E-state index >= 15 is 0 Å². The van der Waals surface area contributed by atoms with Crippen LogP contribution in [0.15, 0.2) is 30.5 Å². The van der Waals surface area contributed by atoms with Gasteiger partial charge in [-0.2, -0.15) is 0 Å². The fourth-order valence-electron chi connectivity index (χ4n) is 2.41. The molecule has 1 aromatic rings. The van der Waals surface area contributed by atoms with E-state index in [1.54, 1.807) is 0 Å². The number of benzene rings is 1. The first-order valence-corrected chi connectivity index (χ1v) is 6.69. The maximum Gasteiger partial charge on any atom is 0.199 e. The highest BCUT2D eigenvalue weighted by Crippen LogP contribution is 2.46. The summed E-state index contributed by atoms with van der Waals surface area (Å²) in [6.07, 6.45) is 2.46. The Bertz CT molecular complexity index is 520. The predicted molar refractivity (Wildman–Crippen MR) is 67.8 cm³/mol. The van der Waals surface area contributed by atoms with Crippen molar-refractivity contribution >= 4 is 0 Å². The van der Waals surface area contributed by atoms with Gasteiger partial charge < -0.3 is 14.2 Å². The predicted octanol–water partition coefficient (Wildman–Crippen LogP) is 3.25. The van der Waals surface area contributed by atoms with Crippen LogP contribution in [-0.2, 0) is 19.8 Å². The first kappa shape index (κ1) is 13.5. The molecule has 2 fully saturated rings. The Hall–Kier alpha value is -1.46. The molecule has 2 saturated heterocycles. The zero-order chi connectivity index (χ0) is 14.2. The Balaban J connectivity index is 1.76. The third kappa shape index (κ3) is 2.43. The Labute approximate surface area is 116 Å². The topological polar surface area (TPSA) is 31.0 Å². The van der Waals surface area contributed by atoms with Crippen LogP contribution in [0.3, 0.4) is 0 Å². The van der Waals surface area contributed by atoms with Crippen molar-refractivity contribution in [3.63, 3.8) is 0 Å². The maximum absolute atomic E-state index is 13.9. The van der Waals surface area contributed by atoms with Crippen molar-refractivity contribution in [1.82, 2.24) is 0 Å². The summed E-state index contributed by atoms with van der Waals surface area (Å²) in [4.78, 5) is 0. The zero-order valence-corrected chi connectivity index (χ0v) is 11.0. The molecule has 0 aliphatic carbocycles. The lowest BCUT2D eigenvalue weighted by molar-refractivity contribution is -0.145. The number of hydrogen-bond donors (Lipinski definition) is 0. The lowest BCUT2D eigenvalue weighted by atomic mass is 9.97. The number of hydrogen-bond acceptors (Lipinski definition) is 3. The van der Waals surface area contributed by atoms with E-state index in [1.165, 1.54) is 12.1 Å². The molecule has 20 heavy (non-hydrogen) atoms. The van der Waals surface area contributed by atoms with Gasteiger partial charge in [-0.15, -0.1) is 0 Å². The Morgan fingerprint density at radius 2 is 2.15 bits per heavy atom. The summed E-state index contributed by atoms with van der Waals surface area (Å²) in [5.74, 6) is -0.962. The van der Waals surface area contributed by atoms with Gasteiger partial charge in [0.1, 0.15) is 17.4 Å². The summed E-state index contributed by atoms with van der Waals surface area (Å²) in [5, 5.41) is 0. The van der Waals surface area contributed by atoms with Crippen LogP contribution in [0.5, 0.6) is 0 Å². The van der Waals surface area contributed by atoms with Crippen molar-refractivity contribution in [3.8, 4) is 0 Å². The van der Waals surface area contributed by atoms with Gasteiger partial charge in [0.25, 0.3) is 0 Å². The normalized spacial score (nSPS) is 29.0. The molecule has 108 valence electrons. The number of ether oxygens (including phenoxy) is 3. The van der Waals surface area contributed by atoms with Gasteiger partial charge in [-0.05, 0) is 25.0 Å². The summed E-state index contributed by atoms with van der Waals surface area (Å²) in [6.45, 7) is 4.76. The summed E-state index contributed by atoms with van der Waals surface area (Å²) in [6, 6.07) is 3.41. The van der Waals surface area contributed by atoms with Crippen LogP contribution in [0.2, 0.25) is 0 Å². The van der Waals surface area contributed by atoms with Gasteiger partial charge in [0, 0.05) is 18.1 Å². The van der Waals surface area contributed by atoms with E-state index in [0.29, 0.717) is 12.4 Å². The van der Waals surface area contributed by atoms with Crippen LogP contribution >= 0.6 is 0 Å². The van der Waals surface area contributed by atoms with Gasteiger partial charge in [-0.1, -0.05) is 6.58 Å². The molecule has 0 N–H and O–H groups in total. The Morgan fingerprint density at radius 1 is 1.35 bits per heavy atom. The van der Waals surface area contributed by atoms with Crippen molar-refractivity contribution in [1.29, 1.82) is 0 Å². The minimum Gasteiger partial charge on any atom is -0.466 e. The van der Waals surface area contributed by atoms with Crippen LogP contribution in [-0.4, -0.2) is 19.5 Å². The Morgan fingerprint density at radius 3 is 2.75 bits per heavy atom. The zero-order valence-electron chi connectivity index (χ0n) is 11.0. The summed E-state index contributed by atoms with van der Waals surface area (Å²) in [5.41, 5.74) is -0.752. The third-order valence-electron chi connectivity index (χ3n) is 3.66. The minimum atomic E-state index is -1.00. The van der Waals surface area contributed by atoms with Gasteiger partial charge >= 0.3 is 0 Å². The summed E-state index contributed by atoms with van der Waals surface area (Å²) in [7, 11) is 0. The molecule has 3 nitrogen and oxygen atoms in total. The minimum absolute atomic E-state index is 0.250. The van der Waals surface area contributed by atoms with Gasteiger partial charge in [-0.25, -0.2) is 8.78 Å². The molecule has 0 aromatic heterocycles. The lowest BCUT2D eigenvalue weighted by Crippen LogP contribution is -2.26. The van der Waals surface area contributed by atoms with E-state index in [4.69, 9.17) is 14.2 Å². The SMILES string of the molecule is C=C(OC1CCCCO1)[C@]1(c2ccc(F)cc2F)CO1. The second kappa shape index (κ2) is 5.14. The van der Waals surface area contributed by atoms with Crippen molar-refractivity contribution in [3.05, 3.63) is 47.7 Å². The van der Waals surface area contributed by atoms with Gasteiger partial charge in [0.2, 0.25) is 0 Å². The highest BCUT2D eigenvalue weighted by Gasteiger charge is 2.53. The first-order chi connectivity index (χ1) is 9.62. The molecule has 1 unspecified atom stereocenters. The van der Waals surface area contributed by atoms with E-state index < -0.39 is 17.2 Å². The van der Waals surface area contributed by atoms with E-state index in [1.807, 2.05) is 0 Å². The molecule has 0 radical (unpaired) electrons. The molecular weight excluding hydrogens is 266 g/mol.